The summed E-state index contributed by atoms with van der Waals surface area (Å²) in [5.41, 5.74) is 4.54. The third-order valence-corrected chi connectivity index (χ3v) is 3.07. The molecule has 0 aliphatic heterocycles. The van der Waals surface area contributed by atoms with E-state index < -0.39 is 0 Å². The molecule has 0 aliphatic rings. The second-order valence-electron chi connectivity index (χ2n) is 4.78. The first-order valence-electron chi connectivity index (χ1n) is 6.53. The highest BCUT2D eigenvalue weighted by molar-refractivity contribution is 5.65. The molecule has 4 heteroatoms. The molecule has 0 amide bonds. The quantitative estimate of drug-likeness (QED) is 0.756. The van der Waals surface area contributed by atoms with Gasteiger partial charge in [-0.25, -0.2) is 9.97 Å². The SMILES string of the molecule is Cc1c[nH]c(-c2ccc(Nc3ccnc(C)n3)cc2)c1. The van der Waals surface area contributed by atoms with Crippen LogP contribution in [0.4, 0.5) is 11.5 Å². The fourth-order valence-electron chi connectivity index (χ4n) is 2.08. The van der Waals surface area contributed by atoms with Crippen LogP contribution in [0, 0.1) is 13.8 Å². The van der Waals surface area contributed by atoms with Gasteiger partial charge in [0, 0.05) is 23.8 Å². The minimum atomic E-state index is 0.758. The number of H-pyrrole nitrogens is 1. The average molecular weight is 264 g/mol. The smallest absolute Gasteiger partial charge is 0.134 e. The molecule has 100 valence electrons. The number of benzene rings is 1. The molecule has 0 radical (unpaired) electrons. The van der Waals surface area contributed by atoms with Crippen molar-refractivity contribution in [3.8, 4) is 11.3 Å². The number of hydrogen-bond donors (Lipinski definition) is 2. The van der Waals surface area contributed by atoms with Crippen molar-refractivity contribution in [2.45, 2.75) is 13.8 Å². The van der Waals surface area contributed by atoms with Crippen molar-refractivity contribution in [1.82, 2.24) is 15.0 Å². The van der Waals surface area contributed by atoms with Crippen molar-refractivity contribution in [1.29, 1.82) is 0 Å². The number of nitrogens with zero attached hydrogens (tertiary/aromatic N) is 2. The van der Waals surface area contributed by atoms with Crippen molar-refractivity contribution in [3.63, 3.8) is 0 Å². The lowest BCUT2D eigenvalue weighted by Crippen LogP contribution is -1.96. The molecule has 0 spiro atoms. The Bertz CT molecular complexity index is 713. The van der Waals surface area contributed by atoms with E-state index in [4.69, 9.17) is 0 Å². The number of anilines is 2. The number of rotatable bonds is 3. The Morgan fingerprint density at radius 3 is 2.50 bits per heavy atom. The summed E-state index contributed by atoms with van der Waals surface area (Å²) in [6.45, 7) is 3.95. The molecule has 0 aliphatic carbocycles. The van der Waals surface area contributed by atoms with Crippen LogP contribution in [-0.4, -0.2) is 15.0 Å². The van der Waals surface area contributed by atoms with Crippen molar-refractivity contribution in [2.24, 2.45) is 0 Å². The Labute approximate surface area is 117 Å². The van der Waals surface area contributed by atoms with E-state index in [0.29, 0.717) is 0 Å². The van der Waals surface area contributed by atoms with Gasteiger partial charge in [0.1, 0.15) is 11.6 Å². The molecule has 0 saturated heterocycles. The van der Waals surface area contributed by atoms with E-state index in [9.17, 15) is 0 Å². The molecule has 4 nitrogen and oxygen atoms in total. The summed E-state index contributed by atoms with van der Waals surface area (Å²) in [5, 5.41) is 3.27. The Morgan fingerprint density at radius 2 is 1.85 bits per heavy atom. The van der Waals surface area contributed by atoms with Crippen molar-refractivity contribution < 1.29 is 0 Å². The standard InChI is InChI=1S/C16H16N4/c1-11-9-15(18-10-11)13-3-5-14(6-4-13)20-16-7-8-17-12(2)19-16/h3-10,18H,1-2H3,(H,17,19,20). The molecule has 1 aromatic carbocycles. The number of hydrogen-bond acceptors (Lipinski definition) is 3. The first-order valence-corrected chi connectivity index (χ1v) is 6.53. The Hall–Kier alpha value is -2.62. The van der Waals surface area contributed by atoms with E-state index in [1.807, 2.05) is 31.3 Å². The lowest BCUT2D eigenvalue weighted by molar-refractivity contribution is 1.06. The van der Waals surface area contributed by atoms with Crippen LogP contribution in [0.3, 0.4) is 0 Å². The highest BCUT2D eigenvalue weighted by atomic mass is 15.0. The molecular formula is C16H16N4. The van der Waals surface area contributed by atoms with E-state index in [1.54, 1.807) is 6.20 Å². The monoisotopic (exact) mass is 264 g/mol. The van der Waals surface area contributed by atoms with Crippen LogP contribution in [0.5, 0.6) is 0 Å². The van der Waals surface area contributed by atoms with Gasteiger partial charge in [0.15, 0.2) is 0 Å². The van der Waals surface area contributed by atoms with Crippen LogP contribution >= 0.6 is 0 Å². The van der Waals surface area contributed by atoms with Gasteiger partial charge >= 0.3 is 0 Å². The molecule has 3 rings (SSSR count). The third-order valence-electron chi connectivity index (χ3n) is 3.07. The zero-order valence-corrected chi connectivity index (χ0v) is 11.5. The molecule has 2 N–H and O–H groups in total. The topological polar surface area (TPSA) is 53.6 Å². The van der Waals surface area contributed by atoms with Gasteiger partial charge in [-0.2, -0.15) is 0 Å². The minimum absolute atomic E-state index is 0.758. The molecule has 3 aromatic rings. The average Bonchev–Trinajstić information content (AvgIpc) is 2.86. The minimum Gasteiger partial charge on any atom is -0.361 e. The van der Waals surface area contributed by atoms with E-state index in [1.165, 1.54) is 11.1 Å². The van der Waals surface area contributed by atoms with E-state index >= 15 is 0 Å². The maximum absolute atomic E-state index is 4.32. The van der Waals surface area contributed by atoms with Crippen LogP contribution in [0.1, 0.15) is 11.4 Å². The van der Waals surface area contributed by atoms with Crippen molar-refractivity contribution in [2.75, 3.05) is 5.32 Å². The van der Waals surface area contributed by atoms with Gasteiger partial charge in [-0.3, -0.25) is 0 Å². The Morgan fingerprint density at radius 1 is 1.05 bits per heavy atom. The molecule has 0 fully saturated rings. The normalized spacial score (nSPS) is 10.5. The molecule has 0 saturated carbocycles. The van der Waals surface area contributed by atoms with Crippen LogP contribution < -0.4 is 5.32 Å². The molecule has 2 heterocycles. The fraction of sp³-hybridized carbons (Fsp3) is 0.125. The molecule has 0 atom stereocenters. The maximum atomic E-state index is 4.32. The van der Waals surface area contributed by atoms with E-state index in [2.05, 4.69) is 45.4 Å². The summed E-state index contributed by atoms with van der Waals surface area (Å²) in [6, 6.07) is 12.3. The van der Waals surface area contributed by atoms with Gasteiger partial charge in [0.05, 0.1) is 0 Å². The Kier molecular flexibility index (Phi) is 3.21. The number of aromatic nitrogens is 3. The number of aryl methyl sites for hydroxylation is 2. The van der Waals surface area contributed by atoms with E-state index in [0.717, 1.165) is 23.0 Å². The molecule has 20 heavy (non-hydrogen) atoms. The lowest BCUT2D eigenvalue weighted by atomic mass is 10.1. The first-order chi connectivity index (χ1) is 9.70. The summed E-state index contributed by atoms with van der Waals surface area (Å²) < 4.78 is 0. The van der Waals surface area contributed by atoms with Crippen molar-refractivity contribution >= 4 is 11.5 Å². The highest BCUT2D eigenvalue weighted by Crippen LogP contribution is 2.22. The Balaban J connectivity index is 1.79. The van der Waals surface area contributed by atoms with Crippen LogP contribution in [0.15, 0.2) is 48.8 Å². The summed E-state index contributed by atoms with van der Waals surface area (Å²) in [7, 11) is 0. The summed E-state index contributed by atoms with van der Waals surface area (Å²) in [5.74, 6) is 1.56. The fourth-order valence-corrected chi connectivity index (χ4v) is 2.08. The summed E-state index contributed by atoms with van der Waals surface area (Å²) >= 11 is 0. The summed E-state index contributed by atoms with van der Waals surface area (Å²) in [6.07, 6.45) is 3.76. The molecular weight excluding hydrogens is 248 g/mol. The second kappa shape index (κ2) is 5.17. The first kappa shape index (κ1) is 12.4. The number of nitrogens with one attached hydrogen (secondary N) is 2. The highest BCUT2D eigenvalue weighted by Gasteiger charge is 2.01. The van der Waals surface area contributed by atoms with Crippen LogP contribution in [0.25, 0.3) is 11.3 Å². The summed E-state index contributed by atoms with van der Waals surface area (Å²) in [4.78, 5) is 11.7. The van der Waals surface area contributed by atoms with Gasteiger partial charge in [0.2, 0.25) is 0 Å². The second-order valence-corrected chi connectivity index (χ2v) is 4.78. The van der Waals surface area contributed by atoms with Gasteiger partial charge < -0.3 is 10.3 Å². The molecule has 0 bridgehead atoms. The third kappa shape index (κ3) is 2.69. The maximum Gasteiger partial charge on any atom is 0.134 e. The van der Waals surface area contributed by atoms with Gasteiger partial charge in [-0.05, 0) is 49.2 Å². The lowest BCUT2D eigenvalue weighted by Gasteiger charge is -2.06. The van der Waals surface area contributed by atoms with Gasteiger partial charge in [-0.15, -0.1) is 0 Å². The van der Waals surface area contributed by atoms with Gasteiger partial charge in [-0.1, -0.05) is 12.1 Å². The van der Waals surface area contributed by atoms with Gasteiger partial charge in [0.25, 0.3) is 0 Å². The van der Waals surface area contributed by atoms with E-state index in [-0.39, 0.29) is 0 Å². The zero-order valence-electron chi connectivity index (χ0n) is 11.5. The molecule has 2 aromatic heterocycles. The number of aromatic amines is 1. The van der Waals surface area contributed by atoms with Crippen LogP contribution in [-0.2, 0) is 0 Å². The largest absolute Gasteiger partial charge is 0.361 e. The predicted molar refractivity (Wildman–Crippen MR) is 81.0 cm³/mol. The zero-order chi connectivity index (χ0) is 13.9. The molecule has 0 unspecified atom stereocenters. The van der Waals surface area contributed by atoms with Crippen molar-refractivity contribution in [3.05, 3.63) is 60.2 Å². The predicted octanol–water partition coefficient (Wildman–Crippen LogP) is 3.83. The van der Waals surface area contributed by atoms with Crippen LogP contribution in [0.2, 0.25) is 0 Å².